The third-order valence-corrected chi connectivity index (χ3v) is 10.3. The first-order valence-electron chi connectivity index (χ1n) is 15.0. The van der Waals surface area contributed by atoms with Gasteiger partial charge in [0, 0.05) is 31.5 Å². The van der Waals surface area contributed by atoms with Gasteiger partial charge < -0.3 is 20.3 Å². The summed E-state index contributed by atoms with van der Waals surface area (Å²) in [6, 6.07) is 12.9. The average Bonchev–Trinajstić information content (AvgIpc) is 3.45. The minimum Gasteiger partial charge on any atom is -0.444 e. The quantitative estimate of drug-likeness (QED) is 0.301. The second kappa shape index (κ2) is 12.9. The smallest absolute Gasteiger partial charge is 0.417 e. The highest BCUT2D eigenvalue weighted by Gasteiger charge is 2.33. The minimum absolute atomic E-state index is 0.0536. The SMILES string of the molecule is CC(C)(C)OC(=O)NC1CCN(c2cc(-c3ccc(S(=O)(=O)[C@H]4CC[C@H](Nc5ccc(C(F)(F)F)cn5)CC4)cc3)ccn2)C1. The highest BCUT2D eigenvalue weighted by molar-refractivity contribution is 7.92. The van der Waals surface area contributed by atoms with Crippen molar-refractivity contribution in [2.75, 3.05) is 23.3 Å². The third kappa shape index (κ3) is 8.24. The van der Waals surface area contributed by atoms with E-state index in [-0.39, 0.29) is 17.0 Å². The van der Waals surface area contributed by atoms with E-state index in [1.54, 1.807) is 30.5 Å². The van der Waals surface area contributed by atoms with Gasteiger partial charge in [0.1, 0.15) is 17.2 Å². The van der Waals surface area contributed by atoms with Crippen molar-refractivity contribution >= 4 is 27.6 Å². The number of alkyl carbamates (subject to hydrolysis) is 1. The molecule has 1 saturated heterocycles. The molecule has 1 aromatic carbocycles. The first-order valence-corrected chi connectivity index (χ1v) is 16.6. The molecule has 2 N–H and O–H groups in total. The Hall–Kier alpha value is -3.87. The van der Waals surface area contributed by atoms with Gasteiger partial charge in [0.05, 0.1) is 21.8 Å². The number of sulfone groups is 1. The van der Waals surface area contributed by atoms with Crippen LogP contribution in [0.25, 0.3) is 11.1 Å². The van der Waals surface area contributed by atoms with Gasteiger partial charge in [-0.25, -0.2) is 23.2 Å². The largest absolute Gasteiger partial charge is 0.444 e. The van der Waals surface area contributed by atoms with Crippen LogP contribution in [0, 0.1) is 0 Å². The summed E-state index contributed by atoms with van der Waals surface area (Å²) < 4.78 is 70.7. The van der Waals surface area contributed by atoms with E-state index in [0.29, 0.717) is 38.0 Å². The van der Waals surface area contributed by atoms with Crippen LogP contribution < -0.4 is 15.5 Å². The number of anilines is 2. The van der Waals surface area contributed by atoms with Gasteiger partial charge in [-0.1, -0.05) is 12.1 Å². The molecule has 242 valence electrons. The van der Waals surface area contributed by atoms with Crippen LogP contribution >= 0.6 is 0 Å². The molecule has 1 amide bonds. The summed E-state index contributed by atoms with van der Waals surface area (Å²) in [4.78, 5) is 22.9. The summed E-state index contributed by atoms with van der Waals surface area (Å²) >= 11 is 0. The highest BCUT2D eigenvalue weighted by Crippen LogP contribution is 2.33. The molecule has 0 radical (unpaired) electrons. The number of ether oxygens (including phenoxy) is 1. The maximum absolute atomic E-state index is 13.4. The molecule has 9 nitrogen and oxygen atoms in total. The summed E-state index contributed by atoms with van der Waals surface area (Å²) in [6.07, 6.45) is 0.404. The Morgan fingerprint density at radius 2 is 1.62 bits per heavy atom. The maximum atomic E-state index is 13.4. The van der Waals surface area contributed by atoms with Crippen molar-refractivity contribution in [3.05, 3.63) is 66.5 Å². The van der Waals surface area contributed by atoms with E-state index in [0.717, 1.165) is 42.2 Å². The topological polar surface area (TPSA) is 114 Å². The lowest BCUT2D eigenvalue weighted by molar-refractivity contribution is -0.137. The standard InChI is InChI=1S/C32H38F3N5O4S/c1-31(2,3)44-30(41)39-25-15-17-40(20-25)29-18-22(14-16-36-29)21-4-9-26(10-5-21)45(42,43)27-11-7-24(8-12-27)38-28-13-6-23(19-37-28)32(33,34)35/h4-6,9-10,13-14,16,18-19,24-25,27H,7-8,11-12,15,17,20H2,1-3H3,(H,37,38)(H,39,41)/t24-,25?,27-. The highest BCUT2D eigenvalue weighted by atomic mass is 32.2. The number of carbonyl (C=O) groups is 1. The normalized spacial score (nSPS) is 20.9. The number of pyridine rings is 2. The number of nitrogens with one attached hydrogen (secondary N) is 2. The predicted molar refractivity (Wildman–Crippen MR) is 166 cm³/mol. The Bertz CT molecular complexity index is 1580. The second-order valence-electron chi connectivity index (χ2n) is 12.6. The average molecular weight is 646 g/mol. The lowest BCUT2D eigenvalue weighted by Gasteiger charge is -2.29. The molecule has 1 unspecified atom stereocenters. The number of hydrogen-bond acceptors (Lipinski definition) is 8. The number of alkyl halides is 3. The van der Waals surface area contributed by atoms with Crippen molar-refractivity contribution in [1.82, 2.24) is 15.3 Å². The summed E-state index contributed by atoms with van der Waals surface area (Å²) in [5.74, 6) is 1.11. The fourth-order valence-electron chi connectivity index (χ4n) is 5.73. The zero-order valence-electron chi connectivity index (χ0n) is 25.5. The van der Waals surface area contributed by atoms with Crippen LogP contribution in [-0.2, 0) is 20.8 Å². The molecule has 1 saturated carbocycles. The van der Waals surface area contributed by atoms with E-state index >= 15 is 0 Å². The summed E-state index contributed by atoms with van der Waals surface area (Å²) in [6.45, 7) is 6.80. The lowest BCUT2D eigenvalue weighted by Crippen LogP contribution is -2.40. The lowest BCUT2D eigenvalue weighted by atomic mass is 9.95. The number of nitrogens with zero attached hydrogens (tertiary/aromatic N) is 3. The van der Waals surface area contributed by atoms with Crippen LogP contribution in [-0.4, -0.2) is 60.5 Å². The number of amides is 1. The molecule has 45 heavy (non-hydrogen) atoms. The van der Waals surface area contributed by atoms with E-state index in [9.17, 15) is 26.4 Å². The number of halogens is 3. The molecule has 2 fully saturated rings. The van der Waals surface area contributed by atoms with E-state index in [2.05, 4.69) is 25.5 Å². The fourth-order valence-corrected chi connectivity index (χ4v) is 7.53. The molecule has 3 aromatic rings. The van der Waals surface area contributed by atoms with Crippen LogP contribution in [0.5, 0.6) is 0 Å². The van der Waals surface area contributed by atoms with Crippen molar-refractivity contribution in [1.29, 1.82) is 0 Å². The van der Waals surface area contributed by atoms with E-state index < -0.39 is 38.5 Å². The van der Waals surface area contributed by atoms with Crippen molar-refractivity contribution in [2.45, 2.75) is 86.9 Å². The number of rotatable bonds is 7. The molecule has 1 atom stereocenters. The van der Waals surface area contributed by atoms with E-state index in [4.69, 9.17) is 4.74 Å². The predicted octanol–water partition coefficient (Wildman–Crippen LogP) is 6.46. The molecule has 13 heteroatoms. The maximum Gasteiger partial charge on any atom is 0.417 e. The Balaban J connectivity index is 1.16. The van der Waals surface area contributed by atoms with Gasteiger partial charge in [0.2, 0.25) is 0 Å². The van der Waals surface area contributed by atoms with Crippen molar-refractivity contribution in [3.8, 4) is 11.1 Å². The van der Waals surface area contributed by atoms with Crippen molar-refractivity contribution in [3.63, 3.8) is 0 Å². The zero-order chi connectivity index (χ0) is 32.4. The number of benzene rings is 1. The number of hydrogen-bond donors (Lipinski definition) is 2. The number of aromatic nitrogens is 2. The second-order valence-corrected chi connectivity index (χ2v) is 14.8. The summed E-state index contributed by atoms with van der Waals surface area (Å²) in [5.41, 5.74) is 0.379. The summed E-state index contributed by atoms with van der Waals surface area (Å²) in [7, 11) is -3.56. The van der Waals surface area contributed by atoms with Gasteiger partial charge in [-0.2, -0.15) is 13.2 Å². The molecule has 1 aliphatic heterocycles. The molecule has 2 aliphatic rings. The van der Waals surface area contributed by atoms with E-state index in [1.165, 1.54) is 6.07 Å². The minimum atomic E-state index is -4.45. The Morgan fingerprint density at radius 3 is 2.24 bits per heavy atom. The fraction of sp³-hybridized carbons (Fsp3) is 0.469. The van der Waals surface area contributed by atoms with Gasteiger partial charge >= 0.3 is 12.3 Å². The monoisotopic (exact) mass is 645 g/mol. The van der Waals surface area contributed by atoms with Crippen molar-refractivity contribution in [2.24, 2.45) is 0 Å². The van der Waals surface area contributed by atoms with Gasteiger partial charge in [-0.3, -0.25) is 0 Å². The van der Waals surface area contributed by atoms with Crippen molar-refractivity contribution < 1.29 is 31.1 Å². The van der Waals surface area contributed by atoms with Gasteiger partial charge in [0.25, 0.3) is 0 Å². The van der Waals surface area contributed by atoms with Crippen LogP contribution in [0.15, 0.2) is 65.8 Å². The Morgan fingerprint density at radius 1 is 0.911 bits per heavy atom. The number of carbonyl (C=O) groups excluding carboxylic acids is 1. The molecular formula is C32H38F3N5O4S. The van der Waals surface area contributed by atoms with Crippen LogP contribution in [0.1, 0.15) is 58.4 Å². The molecule has 3 heterocycles. The molecule has 2 aromatic heterocycles. The Labute approximate surface area is 261 Å². The molecule has 0 bridgehead atoms. The first-order chi connectivity index (χ1) is 21.2. The first kappa shape index (κ1) is 32.5. The van der Waals surface area contributed by atoms with Crippen LogP contribution in [0.3, 0.4) is 0 Å². The zero-order valence-corrected chi connectivity index (χ0v) is 26.3. The Kier molecular flexibility index (Phi) is 9.29. The molecule has 1 aliphatic carbocycles. The summed E-state index contributed by atoms with van der Waals surface area (Å²) in [5, 5.41) is 5.52. The van der Waals surface area contributed by atoms with Gasteiger partial charge in [-0.05, 0) is 100 Å². The van der Waals surface area contributed by atoms with Crippen LogP contribution in [0.2, 0.25) is 0 Å². The molecule has 0 spiro atoms. The van der Waals surface area contributed by atoms with Gasteiger partial charge in [-0.15, -0.1) is 0 Å². The van der Waals surface area contributed by atoms with Crippen LogP contribution in [0.4, 0.5) is 29.6 Å². The molecule has 5 rings (SSSR count). The third-order valence-electron chi connectivity index (χ3n) is 8.05. The molecular weight excluding hydrogens is 607 g/mol. The van der Waals surface area contributed by atoms with E-state index in [1.807, 2.05) is 32.9 Å². The van der Waals surface area contributed by atoms with Gasteiger partial charge in [0.15, 0.2) is 9.84 Å².